The van der Waals surface area contributed by atoms with Crippen LogP contribution in [-0.4, -0.2) is 46.7 Å². The highest BCUT2D eigenvalue weighted by molar-refractivity contribution is 5.80. The maximum absolute atomic E-state index is 12.0. The van der Waals surface area contributed by atoms with Crippen LogP contribution in [0, 0.1) is 12.3 Å². The summed E-state index contributed by atoms with van der Waals surface area (Å²) in [4.78, 5) is 24.8. The number of piperidine rings is 1. The predicted octanol–water partition coefficient (Wildman–Crippen LogP) is 1.08. The highest BCUT2D eigenvalue weighted by atomic mass is 16.5. The topological polar surface area (TPSA) is 92.9 Å². The summed E-state index contributed by atoms with van der Waals surface area (Å²) in [5, 5.41) is 12.8. The monoisotopic (exact) mass is 282 g/mol. The number of rotatable bonds is 4. The number of nitrogens with zero attached hydrogens (tertiary/aromatic N) is 2. The van der Waals surface area contributed by atoms with E-state index in [0.29, 0.717) is 25.1 Å². The van der Waals surface area contributed by atoms with Gasteiger partial charge in [0.2, 0.25) is 0 Å². The van der Waals surface area contributed by atoms with Crippen molar-refractivity contribution in [1.29, 1.82) is 0 Å². The molecule has 1 fully saturated rings. The molecule has 0 bridgehead atoms. The van der Waals surface area contributed by atoms with E-state index in [1.165, 1.54) is 4.90 Å². The minimum Gasteiger partial charge on any atom is -0.481 e. The van der Waals surface area contributed by atoms with Gasteiger partial charge in [-0.1, -0.05) is 0 Å². The maximum Gasteiger partial charge on any atom is 0.311 e. The van der Waals surface area contributed by atoms with Crippen molar-refractivity contribution in [2.45, 2.75) is 26.7 Å². The van der Waals surface area contributed by atoms with Crippen LogP contribution in [0.5, 0.6) is 5.88 Å². The fourth-order valence-electron chi connectivity index (χ4n) is 2.27. The van der Waals surface area contributed by atoms with E-state index in [9.17, 15) is 14.7 Å². The highest BCUT2D eigenvalue weighted by Gasteiger charge is 2.39. The number of carbonyl (C=O) groups is 2. The van der Waals surface area contributed by atoms with Crippen molar-refractivity contribution in [3.63, 3.8) is 0 Å². The summed E-state index contributed by atoms with van der Waals surface area (Å²) < 4.78 is 10.1. The fourth-order valence-corrected chi connectivity index (χ4v) is 2.27. The molecule has 1 aliphatic heterocycles. The largest absolute Gasteiger partial charge is 0.481 e. The summed E-state index contributed by atoms with van der Waals surface area (Å²) in [6.45, 7) is 3.99. The third kappa shape index (κ3) is 3.09. The lowest BCUT2D eigenvalue weighted by atomic mass is 9.82. The van der Waals surface area contributed by atoms with Crippen LogP contribution in [0.3, 0.4) is 0 Å². The molecule has 2 heterocycles. The second-order valence-electron chi connectivity index (χ2n) is 5.35. The summed E-state index contributed by atoms with van der Waals surface area (Å²) in [6, 6.07) is 1.59. The van der Waals surface area contributed by atoms with Gasteiger partial charge < -0.3 is 19.3 Å². The van der Waals surface area contributed by atoms with Crippen molar-refractivity contribution in [1.82, 2.24) is 10.1 Å². The normalized spacial score (nSPS) is 22.6. The number of likely N-dealkylation sites (tertiary alicyclic amines) is 1. The van der Waals surface area contributed by atoms with Crippen LogP contribution < -0.4 is 4.74 Å². The molecule has 7 heteroatoms. The van der Waals surface area contributed by atoms with Gasteiger partial charge in [-0.2, -0.15) is 0 Å². The molecule has 1 aromatic rings. The summed E-state index contributed by atoms with van der Waals surface area (Å²) in [5.41, 5.74) is -0.877. The van der Waals surface area contributed by atoms with Crippen molar-refractivity contribution in [2.24, 2.45) is 5.41 Å². The van der Waals surface area contributed by atoms with E-state index in [1.807, 2.05) is 0 Å². The van der Waals surface area contributed by atoms with Crippen molar-refractivity contribution in [3.8, 4) is 5.88 Å². The van der Waals surface area contributed by atoms with Crippen molar-refractivity contribution in [3.05, 3.63) is 11.8 Å². The Labute approximate surface area is 116 Å². The van der Waals surface area contributed by atoms with E-state index in [1.54, 1.807) is 19.9 Å². The van der Waals surface area contributed by atoms with Gasteiger partial charge in [0.25, 0.3) is 11.8 Å². The van der Waals surface area contributed by atoms with Gasteiger partial charge in [-0.3, -0.25) is 9.59 Å². The molecule has 1 saturated heterocycles. The van der Waals surface area contributed by atoms with Crippen LogP contribution in [0.1, 0.15) is 25.5 Å². The highest BCUT2D eigenvalue weighted by Crippen LogP contribution is 2.29. The second kappa shape index (κ2) is 5.52. The minimum absolute atomic E-state index is 0.165. The smallest absolute Gasteiger partial charge is 0.311 e. The van der Waals surface area contributed by atoms with Gasteiger partial charge >= 0.3 is 5.97 Å². The Hall–Kier alpha value is -2.05. The van der Waals surface area contributed by atoms with Crippen LogP contribution in [0.25, 0.3) is 0 Å². The van der Waals surface area contributed by atoms with Crippen LogP contribution >= 0.6 is 0 Å². The van der Waals surface area contributed by atoms with Gasteiger partial charge in [0.1, 0.15) is 5.76 Å². The van der Waals surface area contributed by atoms with Crippen LogP contribution in [0.2, 0.25) is 0 Å². The molecular formula is C13H18N2O5. The Bertz CT molecular complexity index is 513. The van der Waals surface area contributed by atoms with Crippen LogP contribution in [-0.2, 0) is 9.59 Å². The van der Waals surface area contributed by atoms with Gasteiger partial charge in [-0.05, 0) is 31.8 Å². The number of aryl methyl sites for hydroxylation is 1. The van der Waals surface area contributed by atoms with E-state index in [4.69, 9.17) is 9.26 Å². The van der Waals surface area contributed by atoms with Crippen LogP contribution in [0.15, 0.2) is 10.6 Å². The number of aliphatic carboxylic acids is 1. The van der Waals surface area contributed by atoms with Gasteiger partial charge in [0.15, 0.2) is 6.61 Å². The number of carboxylic acids is 1. The molecular weight excluding hydrogens is 264 g/mol. The second-order valence-corrected chi connectivity index (χ2v) is 5.35. The van der Waals surface area contributed by atoms with Crippen molar-refractivity contribution >= 4 is 11.9 Å². The van der Waals surface area contributed by atoms with Gasteiger partial charge in [0, 0.05) is 19.2 Å². The predicted molar refractivity (Wildman–Crippen MR) is 68.3 cm³/mol. The Balaban J connectivity index is 1.90. The zero-order valence-corrected chi connectivity index (χ0v) is 11.6. The van der Waals surface area contributed by atoms with Crippen molar-refractivity contribution < 1.29 is 24.0 Å². The van der Waals surface area contributed by atoms with Gasteiger partial charge in [-0.15, -0.1) is 0 Å². The molecule has 0 aromatic carbocycles. The average Bonchev–Trinajstić information content (AvgIpc) is 2.81. The van der Waals surface area contributed by atoms with Crippen molar-refractivity contribution in [2.75, 3.05) is 19.7 Å². The average molecular weight is 282 g/mol. The van der Waals surface area contributed by atoms with E-state index in [2.05, 4.69) is 5.16 Å². The standard InChI is InChI=1S/C13H18N2O5/c1-9-6-10(14-20-9)19-7-11(16)15-5-3-4-13(2,8-15)12(17)18/h6H,3-5,7-8H2,1-2H3,(H,17,18). The lowest BCUT2D eigenvalue weighted by Gasteiger charge is -2.37. The summed E-state index contributed by atoms with van der Waals surface area (Å²) in [7, 11) is 0. The third-order valence-corrected chi connectivity index (χ3v) is 3.52. The molecule has 1 aromatic heterocycles. The molecule has 1 unspecified atom stereocenters. The molecule has 1 amide bonds. The van der Waals surface area contributed by atoms with E-state index in [-0.39, 0.29) is 24.9 Å². The molecule has 0 aliphatic carbocycles. The summed E-state index contributed by atoms with van der Waals surface area (Å²) >= 11 is 0. The number of carbonyl (C=O) groups excluding carboxylic acids is 1. The Morgan fingerprint density at radius 3 is 2.95 bits per heavy atom. The van der Waals surface area contributed by atoms with E-state index >= 15 is 0 Å². The molecule has 0 saturated carbocycles. The lowest BCUT2D eigenvalue weighted by molar-refractivity contribution is -0.154. The van der Waals surface area contributed by atoms with Gasteiger partial charge in [-0.25, -0.2) is 0 Å². The molecule has 0 spiro atoms. The first-order valence-corrected chi connectivity index (χ1v) is 6.48. The molecule has 20 heavy (non-hydrogen) atoms. The first kappa shape index (κ1) is 14.4. The molecule has 2 rings (SSSR count). The Morgan fingerprint density at radius 2 is 2.35 bits per heavy atom. The number of ether oxygens (including phenoxy) is 1. The molecule has 7 nitrogen and oxygen atoms in total. The number of hydrogen-bond acceptors (Lipinski definition) is 5. The zero-order valence-electron chi connectivity index (χ0n) is 11.6. The van der Waals surface area contributed by atoms with Crippen LogP contribution in [0.4, 0.5) is 0 Å². The maximum atomic E-state index is 12.0. The first-order chi connectivity index (χ1) is 9.40. The Morgan fingerprint density at radius 1 is 1.60 bits per heavy atom. The molecule has 110 valence electrons. The molecule has 1 atom stereocenters. The van der Waals surface area contributed by atoms with E-state index < -0.39 is 11.4 Å². The molecule has 1 N–H and O–H groups in total. The minimum atomic E-state index is -0.877. The lowest BCUT2D eigenvalue weighted by Crippen LogP contribution is -2.49. The fraction of sp³-hybridized carbons (Fsp3) is 0.615. The molecule has 0 radical (unpaired) electrons. The van der Waals surface area contributed by atoms with Gasteiger partial charge in [0.05, 0.1) is 5.41 Å². The summed E-state index contributed by atoms with van der Waals surface area (Å²) in [6.07, 6.45) is 1.26. The molecule has 1 aliphatic rings. The van der Waals surface area contributed by atoms with E-state index in [0.717, 1.165) is 0 Å². The number of hydrogen-bond donors (Lipinski definition) is 1. The Kier molecular flexibility index (Phi) is 3.96. The summed E-state index contributed by atoms with van der Waals surface area (Å²) in [5.74, 6) is -0.251. The number of aromatic nitrogens is 1. The zero-order chi connectivity index (χ0) is 14.8. The SMILES string of the molecule is Cc1cc(OCC(=O)N2CCCC(C)(C(=O)O)C2)no1. The number of amides is 1. The first-order valence-electron chi connectivity index (χ1n) is 6.48. The third-order valence-electron chi connectivity index (χ3n) is 3.52. The quantitative estimate of drug-likeness (QED) is 0.888. The number of carboxylic acid groups (broad SMARTS) is 1.